The van der Waals surface area contributed by atoms with Gasteiger partial charge in [-0.3, -0.25) is 4.79 Å². The lowest BCUT2D eigenvalue weighted by Gasteiger charge is -1.80. The van der Waals surface area contributed by atoms with Crippen LogP contribution < -0.4 is 5.73 Å². The van der Waals surface area contributed by atoms with Crippen molar-refractivity contribution in [3.63, 3.8) is 0 Å². The van der Waals surface area contributed by atoms with Gasteiger partial charge in [0.25, 0.3) is 5.91 Å². The highest BCUT2D eigenvalue weighted by Crippen LogP contribution is 2.05. The third kappa shape index (κ3) is 3.57. The van der Waals surface area contributed by atoms with Gasteiger partial charge in [0.2, 0.25) is 0 Å². The first-order valence-electron chi connectivity index (χ1n) is 3.61. The molecule has 0 spiro atoms. The second kappa shape index (κ2) is 5.16. The smallest absolute Gasteiger partial charge is 0.258 e. The van der Waals surface area contributed by atoms with Gasteiger partial charge in [0, 0.05) is 0 Å². The minimum absolute atomic E-state index is 0.347. The quantitative estimate of drug-likeness (QED) is 0.757. The van der Waals surface area contributed by atoms with E-state index in [1.165, 1.54) is 11.3 Å². The van der Waals surface area contributed by atoms with Crippen LogP contribution in [-0.2, 0) is 0 Å². The minimum atomic E-state index is -0.347. The number of carbonyl (C=O) groups excluding carboxylic acids is 1. The zero-order valence-electron chi connectivity index (χ0n) is 6.84. The molecule has 2 aromatic heterocycles. The molecule has 0 aliphatic carbocycles. The number of amides is 1. The molecule has 0 aliphatic rings. The lowest BCUT2D eigenvalue weighted by atomic mass is 10.5. The van der Waals surface area contributed by atoms with Gasteiger partial charge < -0.3 is 10.2 Å². The average Bonchev–Trinajstić information content (AvgIpc) is 2.82. The summed E-state index contributed by atoms with van der Waals surface area (Å²) in [4.78, 5) is 10.9. The van der Waals surface area contributed by atoms with Crippen molar-refractivity contribution in [2.75, 3.05) is 0 Å². The van der Waals surface area contributed by atoms with E-state index >= 15 is 0 Å². The van der Waals surface area contributed by atoms with Crippen molar-refractivity contribution in [1.82, 2.24) is 0 Å². The minimum Gasteiger partial charge on any atom is -0.473 e. The van der Waals surface area contributed by atoms with Gasteiger partial charge >= 0.3 is 0 Å². The Morgan fingerprint density at radius 3 is 2.23 bits per heavy atom. The van der Waals surface area contributed by atoms with E-state index in [9.17, 15) is 4.79 Å². The number of carbonyl (C=O) groups is 1. The Bertz CT molecular complexity index is 309. The maximum absolute atomic E-state index is 10.3. The molecule has 4 heteroatoms. The van der Waals surface area contributed by atoms with E-state index in [0.29, 0.717) is 4.88 Å². The van der Waals surface area contributed by atoms with Gasteiger partial charge in [0.1, 0.15) is 0 Å². The van der Waals surface area contributed by atoms with E-state index in [4.69, 9.17) is 5.73 Å². The van der Waals surface area contributed by atoms with Crippen LogP contribution in [0, 0.1) is 0 Å². The van der Waals surface area contributed by atoms with Gasteiger partial charge in [-0.15, -0.1) is 11.3 Å². The van der Waals surface area contributed by atoms with Crippen LogP contribution >= 0.6 is 11.3 Å². The molecule has 0 saturated heterocycles. The predicted molar refractivity (Wildman–Crippen MR) is 51.5 cm³/mol. The summed E-state index contributed by atoms with van der Waals surface area (Å²) in [5.41, 5.74) is 4.93. The molecule has 3 nitrogen and oxygen atoms in total. The van der Waals surface area contributed by atoms with Crippen LogP contribution in [0.3, 0.4) is 0 Å². The summed E-state index contributed by atoms with van der Waals surface area (Å²) in [6.45, 7) is 0. The van der Waals surface area contributed by atoms with Crippen LogP contribution in [0.1, 0.15) is 9.67 Å². The topological polar surface area (TPSA) is 56.2 Å². The SMILES string of the molecule is NC(=O)c1cccs1.c1ccoc1. The fourth-order valence-electron chi connectivity index (χ4n) is 0.646. The summed E-state index contributed by atoms with van der Waals surface area (Å²) in [6.07, 6.45) is 3.25. The molecule has 68 valence electrons. The summed E-state index contributed by atoms with van der Waals surface area (Å²) < 4.78 is 4.58. The number of thiophene rings is 1. The fraction of sp³-hybridized carbons (Fsp3) is 0. The van der Waals surface area contributed by atoms with E-state index in [0.717, 1.165) is 0 Å². The maximum Gasteiger partial charge on any atom is 0.258 e. The zero-order valence-corrected chi connectivity index (χ0v) is 7.66. The van der Waals surface area contributed by atoms with Crippen molar-refractivity contribution in [3.05, 3.63) is 47.0 Å². The van der Waals surface area contributed by atoms with Gasteiger partial charge in [0.05, 0.1) is 17.4 Å². The second-order valence-electron chi connectivity index (χ2n) is 2.13. The molecule has 2 N–H and O–H groups in total. The highest BCUT2D eigenvalue weighted by Gasteiger charge is 1.96. The molecular formula is C9H9NO2S. The number of hydrogen-bond acceptors (Lipinski definition) is 3. The Kier molecular flexibility index (Phi) is 3.78. The largest absolute Gasteiger partial charge is 0.473 e. The van der Waals surface area contributed by atoms with E-state index in [2.05, 4.69) is 4.42 Å². The summed E-state index contributed by atoms with van der Waals surface area (Å²) in [5, 5.41) is 1.82. The molecule has 0 aliphatic heterocycles. The first kappa shape index (κ1) is 9.54. The summed E-state index contributed by atoms with van der Waals surface area (Å²) in [7, 11) is 0. The third-order valence-corrected chi connectivity index (χ3v) is 2.07. The number of rotatable bonds is 1. The molecule has 2 aromatic rings. The van der Waals surface area contributed by atoms with Crippen LogP contribution in [0.2, 0.25) is 0 Å². The molecule has 1 amide bonds. The van der Waals surface area contributed by atoms with Crippen LogP contribution in [-0.4, -0.2) is 5.91 Å². The highest BCUT2D eigenvalue weighted by molar-refractivity contribution is 7.12. The van der Waals surface area contributed by atoms with Crippen molar-refractivity contribution in [1.29, 1.82) is 0 Å². The summed E-state index contributed by atoms with van der Waals surface area (Å²) >= 11 is 1.36. The van der Waals surface area contributed by atoms with Gasteiger partial charge in [-0.05, 0) is 23.6 Å². The number of primary amides is 1. The third-order valence-electron chi connectivity index (χ3n) is 1.19. The molecule has 0 unspecified atom stereocenters. The fourth-order valence-corrected chi connectivity index (χ4v) is 1.22. The Morgan fingerprint density at radius 2 is 2.00 bits per heavy atom. The van der Waals surface area contributed by atoms with E-state index in [-0.39, 0.29) is 5.91 Å². The Morgan fingerprint density at radius 1 is 1.31 bits per heavy atom. The van der Waals surface area contributed by atoms with Gasteiger partial charge in [0.15, 0.2) is 0 Å². The van der Waals surface area contributed by atoms with E-state index in [1.54, 1.807) is 24.7 Å². The summed E-state index contributed by atoms with van der Waals surface area (Å²) in [6, 6.07) is 7.16. The Labute approximate surface area is 79.8 Å². The normalized spacial score (nSPS) is 8.62. The molecule has 0 atom stereocenters. The van der Waals surface area contributed by atoms with Crippen LogP contribution in [0.5, 0.6) is 0 Å². The van der Waals surface area contributed by atoms with Gasteiger partial charge in [-0.2, -0.15) is 0 Å². The van der Waals surface area contributed by atoms with Crippen molar-refractivity contribution in [2.45, 2.75) is 0 Å². The maximum atomic E-state index is 10.3. The Balaban J connectivity index is 0.000000145. The average molecular weight is 195 g/mol. The standard InChI is InChI=1S/C5H5NOS.C4H4O/c6-5(7)4-2-1-3-8-4;1-2-4-5-3-1/h1-3H,(H2,6,7);1-4H. The highest BCUT2D eigenvalue weighted by atomic mass is 32.1. The van der Waals surface area contributed by atoms with Crippen molar-refractivity contribution < 1.29 is 9.21 Å². The number of nitrogens with two attached hydrogens (primary N) is 1. The van der Waals surface area contributed by atoms with Crippen LogP contribution in [0.25, 0.3) is 0 Å². The number of furan rings is 1. The molecule has 0 fully saturated rings. The van der Waals surface area contributed by atoms with Crippen LogP contribution in [0.4, 0.5) is 0 Å². The predicted octanol–water partition coefficient (Wildman–Crippen LogP) is 2.13. The molecule has 0 bridgehead atoms. The molecule has 0 saturated carbocycles. The molecule has 0 aromatic carbocycles. The lowest BCUT2D eigenvalue weighted by Crippen LogP contribution is -2.07. The van der Waals surface area contributed by atoms with E-state index in [1.807, 2.05) is 17.5 Å². The summed E-state index contributed by atoms with van der Waals surface area (Å²) in [5.74, 6) is -0.347. The first-order chi connectivity index (χ1) is 6.30. The van der Waals surface area contributed by atoms with Gasteiger partial charge in [-0.25, -0.2) is 0 Å². The van der Waals surface area contributed by atoms with Crippen molar-refractivity contribution in [3.8, 4) is 0 Å². The molecule has 2 heterocycles. The molecule has 2 rings (SSSR count). The Hall–Kier alpha value is -1.55. The van der Waals surface area contributed by atoms with Crippen molar-refractivity contribution >= 4 is 17.2 Å². The monoisotopic (exact) mass is 195 g/mol. The van der Waals surface area contributed by atoms with Gasteiger partial charge in [-0.1, -0.05) is 6.07 Å². The molecule has 13 heavy (non-hydrogen) atoms. The molecule has 0 radical (unpaired) electrons. The second-order valence-corrected chi connectivity index (χ2v) is 3.08. The van der Waals surface area contributed by atoms with Crippen molar-refractivity contribution in [2.24, 2.45) is 5.73 Å². The zero-order chi connectivity index (χ0) is 9.52. The van der Waals surface area contributed by atoms with Crippen LogP contribution in [0.15, 0.2) is 46.6 Å². The number of hydrogen-bond donors (Lipinski definition) is 1. The van der Waals surface area contributed by atoms with E-state index < -0.39 is 0 Å². The molecular weight excluding hydrogens is 186 g/mol. The lowest BCUT2D eigenvalue weighted by molar-refractivity contribution is 0.100. The first-order valence-corrected chi connectivity index (χ1v) is 4.49.